The van der Waals surface area contributed by atoms with Crippen molar-refractivity contribution in [1.29, 1.82) is 0 Å². The molecule has 9 aromatic rings. The maximum Gasteiger partial charge on any atom is 0.0540 e. The molecule has 0 atom stereocenters. The van der Waals surface area contributed by atoms with E-state index in [1.54, 1.807) is 0 Å². The van der Waals surface area contributed by atoms with Crippen LogP contribution in [0, 0.1) is 0 Å². The Morgan fingerprint density at radius 2 is 0.895 bits per heavy atom. The van der Waals surface area contributed by atoms with Crippen LogP contribution in [0.3, 0.4) is 0 Å². The monoisotopic (exact) mass is 733 g/mol. The van der Waals surface area contributed by atoms with Crippen LogP contribution in [0.4, 0.5) is 17.1 Å². The van der Waals surface area contributed by atoms with Crippen molar-refractivity contribution < 1.29 is 0 Å². The molecule has 1 aliphatic carbocycles. The van der Waals surface area contributed by atoms with Gasteiger partial charge in [-0.15, -0.1) is 0 Å². The first-order valence-corrected chi connectivity index (χ1v) is 20.4. The van der Waals surface area contributed by atoms with Crippen molar-refractivity contribution in [2.24, 2.45) is 0 Å². The van der Waals surface area contributed by atoms with Gasteiger partial charge in [0.25, 0.3) is 0 Å². The van der Waals surface area contributed by atoms with Gasteiger partial charge in [0, 0.05) is 16.9 Å². The first-order chi connectivity index (χ1) is 27.7. The molecule has 0 bridgehead atoms. The summed E-state index contributed by atoms with van der Waals surface area (Å²) in [7, 11) is 0. The van der Waals surface area contributed by atoms with Gasteiger partial charge in [0.2, 0.25) is 0 Å². The highest BCUT2D eigenvalue weighted by Gasteiger charge is 2.37. The van der Waals surface area contributed by atoms with Gasteiger partial charge in [-0.1, -0.05) is 173 Å². The van der Waals surface area contributed by atoms with Crippen LogP contribution in [0.1, 0.15) is 51.7 Å². The topological polar surface area (TPSA) is 3.24 Å². The second-order valence-electron chi connectivity index (χ2n) is 17.2. The van der Waals surface area contributed by atoms with Crippen molar-refractivity contribution in [3.63, 3.8) is 0 Å². The van der Waals surface area contributed by atoms with E-state index in [0.717, 1.165) is 17.1 Å². The molecule has 0 radical (unpaired) electrons. The third-order valence-corrected chi connectivity index (χ3v) is 12.7. The summed E-state index contributed by atoms with van der Waals surface area (Å²) in [6.45, 7) is 9.62. The molecule has 1 aliphatic rings. The number of rotatable bonds is 6. The van der Waals surface area contributed by atoms with E-state index >= 15 is 0 Å². The highest BCUT2D eigenvalue weighted by atomic mass is 15.1. The first-order valence-electron chi connectivity index (χ1n) is 20.4. The minimum atomic E-state index is 0.162. The fraction of sp³-hybridized carbons (Fsp3) is 0.143. The molecule has 10 rings (SSSR count). The Balaban J connectivity index is 1.10. The molecule has 57 heavy (non-hydrogen) atoms. The number of para-hydroxylation sites is 1. The van der Waals surface area contributed by atoms with Crippen LogP contribution >= 0.6 is 0 Å². The molecule has 9 aromatic carbocycles. The minimum absolute atomic E-state index is 0.162. The van der Waals surface area contributed by atoms with Crippen LogP contribution in [0.25, 0.3) is 65.7 Å². The molecule has 0 saturated carbocycles. The number of fused-ring (bicyclic) bond motifs is 5. The molecule has 1 nitrogen and oxygen atoms in total. The first kappa shape index (κ1) is 35.0. The molecule has 1 heteroatoms. The van der Waals surface area contributed by atoms with Crippen molar-refractivity contribution in [2.75, 3.05) is 4.90 Å². The molecule has 0 unspecified atom stereocenters. The van der Waals surface area contributed by atoms with Gasteiger partial charge < -0.3 is 4.90 Å². The average Bonchev–Trinajstić information content (AvgIpc) is 3.25. The SMILES string of the molecule is CC1(C)CCC(C)(C)c2cc(-c3ccc(N(c4ccc(-c5cc6ccccc6c6ccccc56)cc4)c4ccccc4-c4ccc5ccccc5c4)cc3)ccc21. The van der Waals surface area contributed by atoms with Crippen molar-refractivity contribution >= 4 is 49.4 Å². The predicted molar refractivity (Wildman–Crippen MR) is 245 cm³/mol. The van der Waals surface area contributed by atoms with Crippen molar-refractivity contribution in [3.8, 4) is 33.4 Å². The largest absolute Gasteiger partial charge is 0.310 e. The molecule has 0 aromatic heterocycles. The molecule has 0 saturated heterocycles. The van der Waals surface area contributed by atoms with Crippen LogP contribution in [0.2, 0.25) is 0 Å². The predicted octanol–water partition coefficient (Wildman–Crippen LogP) is 16.0. The molecule has 0 spiro atoms. The minimum Gasteiger partial charge on any atom is -0.310 e. The Hall–Kier alpha value is -6.44. The molecule has 0 amide bonds. The van der Waals surface area contributed by atoms with E-state index in [0.29, 0.717) is 0 Å². The molecule has 0 N–H and O–H groups in total. The Bertz CT molecular complexity index is 2950. The summed E-state index contributed by atoms with van der Waals surface area (Å²) in [5.74, 6) is 0. The lowest BCUT2D eigenvalue weighted by Gasteiger charge is -2.42. The zero-order valence-electron chi connectivity index (χ0n) is 33.3. The number of hydrogen-bond donors (Lipinski definition) is 0. The second kappa shape index (κ2) is 13.6. The Morgan fingerprint density at radius 3 is 1.63 bits per heavy atom. The maximum atomic E-state index is 2.47. The zero-order valence-corrected chi connectivity index (χ0v) is 33.3. The second-order valence-corrected chi connectivity index (χ2v) is 17.2. The average molecular weight is 734 g/mol. The van der Waals surface area contributed by atoms with Crippen LogP contribution in [-0.2, 0) is 10.8 Å². The van der Waals surface area contributed by atoms with Gasteiger partial charge in [0.05, 0.1) is 5.69 Å². The van der Waals surface area contributed by atoms with E-state index in [9.17, 15) is 0 Å². The van der Waals surface area contributed by atoms with Crippen LogP contribution in [-0.4, -0.2) is 0 Å². The van der Waals surface area contributed by atoms with Crippen molar-refractivity contribution in [1.82, 2.24) is 0 Å². The van der Waals surface area contributed by atoms with E-state index < -0.39 is 0 Å². The van der Waals surface area contributed by atoms with Gasteiger partial charge in [0.15, 0.2) is 0 Å². The molecule has 0 heterocycles. The van der Waals surface area contributed by atoms with Gasteiger partial charge >= 0.3 is 0 Å². The van der Waals surface area contributed by atoms with Gasteiger partial charge in [-0.3, -0.25) is 0 Å². The van der Waals surface area contributed by atoms with Crippen LogP contribution in [0.5, 0.6) is 0 Å². The van der Waals surface area contributed by atoms with E-state index in [-0.39, 0.29) is 10.8 Å². The third-order valence-electron chi connectivity index (χ3n) is 12.7. The van der Waals surface area contributed by atoms with Crippen LogP contribution < -0.4 is 4.90 Å². The van der Waals surface area contributed by atoms with Crippen molar-refractivity contribution in [2.45, 2.75) is 51.4 Å². The van der Waals surface area contributed by atoms with Gasteiger partial charge in [-0.05, 0) is 137 Å². The Kier molecular flexibility index (Phi) is 8.38. The number of nitrogens with zero attached hydrogens (tertiary/aromatic N) is 1. The summed E-state index contributed by atoms with van der Waals surface area (Å²) in [4.78, 5) is 2.43. The lowest BCUT2D eigenvalue weighted by Crippen LogP contribution is -2.33. The molecule has 276 valence electrons. The normalized spacial score (nSPS) is 14.5. The van der Waals surface area contributed by atoms with Crippen LogP contribution in [0.15, 0.2) is 188 Å². The fourth-order valence-electron chi connectivity index (χ4n) is 9.35. The highest BCUT2D eigenvalue weighted by Crippen LogP contribution is 2.48. The van der Waals surface area contributed by atoms with Gasteiger partial charge in [0.1, 0.15) is 0 Å². The molecular formula is C56H47N. The summed E-state index contributed by atoms with van der Waals surface area (Å²) < 4.78 is 0. The molecular weight excluding hydrogens is 687 g/mol. The fourth-order valence-corrected chi connectivity index (χ4v) is 9.35. The summed E-state index contributed by atoms with van der Waals surface area (Å²) in [6.07, 6.45) is 2.42. The standard InChI is InChI=1S/C56H47N/c1-55(2)33-34-56(3,4)53-37-42(27-32-52(53)55)39-23-28-45(29-24-39)57(54-20-12-11-17-48(54)44-22-21-38-13-5-6-14-41(38)35-44)46-30-25-40(26-31-46)51-36-43-15-7-8-16-47(43)49-18-9-10-19-50(49)51/h5-32,35-37H,33-34H2,1-4H3. The summed E-state index contributed by atoms with van der Waals surface area (Å²) in [6, 6.07) is 69.7. The van der Waals surface area contributed by atoms with E-state index in [1.165, 1.54) is 89.7 Å². The Morgan fingerprint density at radius 1 is 0.351 bits per heavy atom. The summed E-state index contributed by atoms with van der Waals surface area (Å²) >= 11 is 0. The summed E-state index contributed by atoms with van der Waals surface area (Å²) in [5.41, 5.74) is 14.1. The Labute approximate surface area is 336 Å². The number of hydrogen-bond acceptors (Lipinski definition) is 1. The summed E-state index contributed by atoms with van der Waals surface area (Å²) in [5, 5.41) is 7.59. The van der Waals surface area contributed by atoms with E-state index in [4.69, 9.17) is 0 Å². The van der Waals surface area contributed by atoms with E-state index in [2.05, 4.69) is 221 Å². The van der Waals surface area contributed by atoms with E-state index in [1.807, 2.05) is 0 Å². The van der Waals surface area contributed by atoms with Gasteiger partial charge in [-0.2, -0.15) is 0 Å². The molecule has 0 aliphatic heterocycles. The van der Waals surface area contributed by atoms with Crippen molar-refractivity contribution in [3.05, 3.63) is 199 Å². The lowest BCUT2D eigenvalue weighted by molar-refractivity contribution is 0.332. The lowest BCUT2D eigenvalue weighted by atomic mass is 9.63. The number of benzene rings is 9. The zero-order chi connectivity index (χ0) is 38.7. The maximum absolute atomic E-state index is 2.47. The number of anilines is 3. The quantitative estimate of drug-likeness (QED) is 0.154. The smallest absolute Gasteiger partial charge is 0.0540 e. The third kappa shape index (κ3) is 6.19. The molecule has 0 fully saturated rings. The van der Waals surface area contributed by atoms with Gasteiger partial charge in [-0.25, -0.2) is 0 Å². The highest BCUT2D eigenvalue weighted by molar-refractivity contribution is 6.13.